The molecule has 1 saturated carbocycles. The third-order valence-electron chi connectivity index (χ3n) is 6.36. The van der Waals surface area contributed by atoms with E-state index in [4.69, 9.17) is 16.3 Å². The van der Waals surface area contributed by atoms with Crippen LogP contribution in [-0.2, 0) is 13.1 Å². The van der Waals surface area contributed by atoms with Crippen LogP contribution in [0.1, 0.15) is 24.8 Å². The van der Waals surface area contributed by atoms with Gasteiger partial charge in [0.2, 0.25) is 5.88 Å². The molecule has 2 bridgehead atoms. The highest BCUT2D eigenvalue weighted by atomic mass is 79.9. The molecule has 6 rings (SSSR count). The number of benzene rings is 1. The molecular formula is C21H22BrClN6O. The van der Waals surface area contributed by atoms with Crippen molar-refractivity contribution in [3.05, 3.63) is 39.5 Å². The minimum Gasteiger partial charge on any atom is -0.437 e. The Labute approximate surface area is 187 Å². The number of likely N-dealkylation sites (tertiary alicyclic amines) is 1. The molecule has 9 heteroatoms. The van der Waals surface area contributed by atoms with E-state index >= 15 is 0 Å². The Balaban J connectivity index is 1.28. The molecule has 0 radical (unpaired) electrons. The molecule has 30 heavy (non-hydrogen) atoms. The van der Waals surface area contributed by atoms with Crippen LogP contribution in [0.4, 0.5) is 0 Å². The van der Waals surface area contributed by atoms with Gasteiger partial charge in [-0.1, -0.05) is 16.8 Å². The summed E-state index contributed by atoms with van der Waals surface area (Å²) in [6, 6.07) is 7.12. The van der Waals surface area contributed by atoms with E-state index in [-0.39, 0.29) is 0 Å². The van der Waals surface area contributed by atoms with Gasteiger partial charge in [-0.2, -0.15) is 0 Å². The number of hydrogen-bond acceptors (Lipinski definition) is 6. The first kappa shape index (κ1) is 19.0. The Kier molecular flexibility index (Phi) is 4.71. The van der Waals surface area contributed by atoms with Gasteiger partial charge in [-0.05, 0) is 59.3 Å². The SMILES string of the molecule is Clc1cnc(Oc2ccc3c(nnn3CC3CC3)c2Br)c(CN2C[C@@H]3CC2CN3)c1. The smallest absolute Gasteiger partial charge is 0.223 e. The number of hydrogen-bond donors (Lipinski definition) is 1. The summed E-state index contributed by atoms with van der Waals surface area (Å²) < 4.78 is 9.05. The summed E-state index contributed by atoms with van der Waals surface area (Å²) in [7, 11) is 0. The van der Waals surface area contributed by atoms with E-state index < -0.39 is 0 Å². The number of rotatable bonds is 6. The second-order valence-electron chi connectivity index (χ2n) is 8.60. The standard InChI is InChI=1S/C21H22BrClN6O/c22-19-18(4-3-17-20(19)26-27-29(17)9-12-1-2-12)30-21-13(5-14(23)7-25-21)10-28-11-15-6-16(28)8-24-15/h3-5,7,12,15-16,24H,1-2,6,8-11H2/t15-,16?/m0/s1. The van der Waals surface area contributed by atoms with Crippen molar-refractivity contribution in [2.75, 3.05) is 13.1 Å². The number of aromatic nitrogens is 4. The van der Waals surface area contributed by atoms with E-state index in [9.17, 15) is 0 Å². The van der Waals surface area contributed by atoms with Gasteiger partial charge in [-0.3, -0.25) is 4.90 Å². The molecule has 1 N–H and O–H groups in total. The third kappa shape index (κ3) is 3.49. The minimum absolute atomic E-state index is 0.575. The molecule has 1 aromatic carbocycles. The number of nitrogens with zero attached hydrogens (tertiary/aromatic N) is 5. The Morgan fingerprint density at radius 1 is 1.30 bits per heavy atom. The normalized spacial score (nSPS) is 23.5. The molecule has 2 aromatic heterocycles. The van der Waals surface area contributed by atoms with Crippen molar-refractivity contribution >= 4 is 38.6 Å². The number of pyridine rings is 1. The van der Waals surface area contributed by atoms with Crippen LogP contribution in [0.25, 0.3) is 11.0 Å². The first-order valence-corrected chi connectivity index (χ1v) is 11.6. The van der Waals surface area contributed by atoms with Gasteiger partial charge in [-0.15, -0.1) is 5.10 Å². The fourth-order valence-corrected chi connectivity index (χ4v) is 5.26. The zero-order valence-electron chi connectivity index (χ0n) is 16.4. The van der Waals surface area contributed by atoms with Gasteiger partial charge >= 0.3 is 0 Å². The zero-order chi connectivity index (χ0) is 20.2. The van der Waals surface area contributed by atoms with Gasteiger partial charge in [0.1, 0.15) is 11.3 Å². The van der Waals surface area contributed by atoms with Gasteiger partial charge in [0.25, 0.3) is 0 Å². The van der Waals surface area contributed by atoms with Crippen LogP contribution in [0.5, 0.6) is 11.6 Å². The molecule has 3 fully saturated rings. The number of piperazine rings is 1. The molecule has 4 heterocycles. The van der Waals surface area contributed by atoms with Crippen molar-refractivity contribution in [3.8, 4) is 11.6 Å². The van der Waals surface area contributed by atoms with Crippen molar-refractivity contribution in [1.29, 1.82) is 0 Å². The Morgan fingerprint density at radius 3 is 2.97 bits per heavy atom. The summed E-state index contributed by atoms with van der Waals surface area (Å²) in [6.45, 7) is 3.81. The van der Waals surface area contributed by atoms with Gasteiger partial charge < -0.3 is 10.1 Å². The zero-order valence-corrected chi connectivity index (χ0v) is 18.7. The number of ether oxygens (including phenoxy) is 1. The molecular weight excluding hydrogens is 468 g/mol. The van der Waals surface area contributed by atoms with Crippen molar-refractivity contribution in [2.45, 2.75) is 44.4 Å². The number of nitrogens with one attached hydrogen (secondary N) is 1. The average Bonchev–Trinajstić information content (AvgIpc) is 3.10. The lowest BCUT2D eigenvalue weighted by Gasteiger charge is -2.27. The van der Waals surface area contributed by atoms with Crippen LogP contribution in [-0.4, -0.2) is 50.1 Å². The maximum absolute atomic E-state index is 6.26. The number of fused-ring (bicyclic) bond motifs is 3. The first-order valence-electron chi connectivity index (χ1n) is 10.5. The second kappa shape index (κ2) is 7.44. The predicted molar refractivity (Wildman–Crippen MR) is 118 cm³/mol. The molecule has 3 aliphatic rings. The molecule has 2 aliphatic heterocycles. The maximum Gasteiger partial charge on any atom is 0.223 e. The highest BCUT2D eigenvalue weighted by molar-refractivity contribution is 9.10. The van der Waals surface area contributed by atoms with Crippen molar-refractivity contribution in [2.24, 2.45) is 5.92 Å². The Morgan fingerprint density at radius 2 is 2.20 bits per heavy atom. The summed E-state index contributed by atoms with van der Waals surface area (Å²) >= 11 is 9.94. The molecule has 3 aromatic rings. The quantitative estimate of drug-likeness (QED) is 0.565. The fourth-order valence-electron chi connectivity index (χ4n) is 4.58. The van der Waals surface area contributed by atoms with Gasteiger partial charge in [-0.25, -0.2) is 9.67 Å². The average molecular weight is 490 g/mol. The lowest BCUT2D eigenvalue weighted by Crippen LogP contribution is -2.43. The second-order valence-corrected chi connectivity index (χ2v) is 9.83. The third-order valence-corrected chi connectivity index (χ3v) is 7.33. The molecule has 1 aliphatic carbocycles. The molecule has 0 spiro atoms. The van der Waals surface area contributed by atoms with Crippen LogP contribution in [0.15, 0.2) is 28.9 Å². The van der Waals surface area contributed by atoms with E-state index in [1.165, 1.54) is 19.3 Å². The summed E-state index contributed by atoms with van der Waals surface area (Å²) in [6.07, 6.45) is 5.41. The lowest BCUT2D eigenvalue weighted by molar-refractivity contribution is 0.215. The van der Waals surface area contributed by atoms with Crippen molar-refractivity contribution in [3.63, 3.8) is 0 Å². The van der Waals surface area contributed by atoms with Crippen molar-refractivity contribution < 1.29 is 4.74 Å². The van der Waals surface area contributed by atoms with E-state index in [0.717, 1.165) is 53.2 Å². The molecule has 1 unspecified atom stereocenters. The maximum atomic E-state index is 6.26. The minimum atomic E-state index is 0.575. The summed E-state index contributed by atoms with van der Waals surface area (Å²) in [5.74, 6) is 2.00. The van der Waals surface area contributed by atoms with E-state index in [0.29, 0.717) is 28.7 Å². The van der Waals surface area contributed by atoms with Crippen molar-refractivity contribution in [1.82, 2.24) is 30.2 Å². The van der Waals surface area contributed by atoms with E-state index in [1.54, 1.807) is 6.20 Å². The monoisotopic (exact) mass is 488 g/mol. The topological polar surface area (TPSA) is 68.1 Å². The number of halogens is 2. The van der Waals surface area contributed by atoms with Gasteiger partial charge in [0.15, 0.2) is 0 Å². The predicted octanol–water partition coefficient (Wildman–Crippen LogP) is 3.99. The Bertz CT molecular complexity index is 1120. The van der Waals surface area contributed by atoms with Crippen LogP contribution in [0.3, 0.4) is 0 Å². The molecule has 156 valence electrons. The van der Waals surface area contributed by atoms with Crippen LogP contribution >= 0.6 is 27.5 Å². The lowest BCUT2D eigenvalue weighted by atomic mass is 10.2. The summed E-state index contributed by atoms with van der Waals surface area (Å²) in [4.78, 5) is 6.98. The molecule has 2 saturated heterocycles. The highest BCUT2D eigenvalue weighted by Crippen LogP contribution is 2.38. The molecule has 7 nitrogen and oxygen atoms in total. The first-order chi connectivity index (χ1) is 14.6. The summed E-state index contributed by atoms with van der Waals surface area (Å²) in [5, 5.41) is 12.9. The van der Waals surface area contributed by atoms with E-state index in [1.807, 2.05) is 22.9 Å². The fraction of sp³-hybridized carbons (Fsp3) is 0.476. The van der Waals surface area contributed by atoms with Crippen LogP contribution < -0.4 is 10.1 Å². The molecule has 0 amide bonds. The van der Waals surface area contributed by atoms with Gasteiger partial charge in [0.05, 0.1) is 15.0 Å². The Hall–Kier alpha value is -1.74. The highest BCUT2D eigenvalue weighted by Gasteiger charge is 2.37. The summed E-state index contributed by atoms with van der Waals surface area (Å²) in [5.41, 5.74) is 2.83. The van der Waals surface area contributed by atoms with Gasteiger partial charge in [0, 0.05) is 50.0 Å². The molecule has 2 atom stereocenters. The van der Waals surface area contributed by atoms with E-state index in [2.05, 4.69) is 41.4 Å². The van der Waals surface area contributed by atoms with Crippen LogP contribution in [0, 0.1) is 5.92 Å². The van der Waals surface area contributed by atoms with Crippen LogP contribution in [0.2, 0.25) is 5.02 Å². The largest absolute Gasteiger partial charge is 0.437 e.